The standard InChI is InChI=1S/2C46H30N2.C45H29N3/c1-2-12-31(13-3-1)32-14-10-16-35(26-32)45-29-46(48-30-47-45)36-17-11-15-33(27-36)37-18-4-5-19-38(37)34-24-25-43-41-22-7-6-20-39(41)40-21-8-9-23-42(40)44(43)28-34;1-2-12-31(13-3-1)32-14-10-16-35(28-32)45-26-27-47-46(48-45)36-17-11-15-33(29-36)37-18-4-5-19-38(37)34-24-25-43-41-22-7-6-20-39(41)40-21-8-9-23-42(40)44(43)30-34;1-2-12-30(13-3-1)31-14-10-16-34(26-31)44-46-29-47-45(48-44)35-17-11-15-32(27-35)36-18-4-5-19-37(36)33-24-25-42-40-22-7-6-20-38(40)39-21-8-9-23-41(39)43(42)28-33/h2*1-30H;1-29H. The predicted molar refractivity (Wildman–Crippen MR) is 603 cm³/mol. The average Bonchev–Trinajstić information content (AvgIpc) is 0.745. The maximum Gasteiger partial charge on any atom is 0.163 e. The Morgan fingerprint density at radius 2 is 0.312 bits per heavy atom. The molecule has 24 aromatic carbocycles. The van der Waals surface area contributed by atoms with Gasteiger partial charge in [-0.15, -0.1) is 0 Å². The van der Waals surface area contributed by atoms with Gasteiger partial charge in [0.2, 0.25) is 0 Å². The minimum absolute atomic E-state index is 0.647. The molecule has 0 atom stereocenters. The molecule has 3 heterocycles. The van der Waals surface area contributed by atoms with E-state index in [2.05, 4.69) is 506 Å². The Morgan fingerprint density at radius 3 is 0.625 bits per heavy atom. The van der Waals surface area contributed by atoms with Crippen molar-refractivity contribution >= 4 is 97.0 Å². The Kier molecular flexibility index (Phi) is 23.0. The molecule has 0 saturated heterocycles. The summed E-state index contributed by atoms with van der Waals surface area (Å²) < 4.78 is 0. The molecular weight excluding hydrogens is 1740 g/mol. The van der Waals surface area contributed by atoms with Crippen LogP contribution < -0.4 is 0 Å². The highest BCUT2D eigenvalue weighted by Gasteiger charge is 2.21. The van der Waals surface area contributed by atoms with Crippen LogP contribution in [0.3, 0.4) is 0 Å². The quantitative estimate of drug-likeness (QED) is 0.0945. The van der Waals surface area contributed by atoms with Crippen molar-refractivity contribution in [2.24, 2.45) is 0 Å². The van der Waals surface area contributed by atoms with Crippen LogP contribution in [0.2, 0.25) is 0 Å². The maximum atomic E-state index is 5.04. The van der Waals surface area contributed by atoms with Crippen LogP contribution in [0.4, 0.5) is 0 Å². The zero-order valence-electron chi connectivity index (χ0n) is 78.5. The van der Waals surface area contributed by atoms with Crippen LogP contribution >= 0.6 is 0 Å². The zero-order chi connectivity index (χ0) is 95.6. The topological polar surface area (TPSA) is 90.2 Å². The van der Waals surface area contributed by atoms with Crippen LogP contribution in [0.25, 0.3) is 265 Å². The van der Waals surface area contributed by atoms with Crippen LogP contribution in [0.1, 0.15) is 0 Å². The second kappa shape index (κ2) is 38.3. The van der Waals surface area contributed by atoms with E-state index in [0.29, 0.717) is 17.5 Å². The second-order valence-corrected chi connectivity index (χ2v) is 36.5. The van der Waals surface area contributed by atoms with Crippen LogP contribution in [0, 0.1) is 0 Å². The van der Waals surface area contributed by atoms with E-state index < -0.39 is 0 Å². The Hall–Kier alpha value is -19.2. The summed E-state index contributed by atoms with van der Waals surface area (Å²) >= 11 is 0. The van der Waals surface area contributed by atoms with E-state index in [9.17, 15) is 0 Å². The normalized spacial score (nSPS) is 11.3. The number of benzene rings is 24. The fraction of sp³-hybridized carbons (Fsp3) is 0. The smallest absolute Gasteiger partial charge is 0.163 e. The van der Waals surface area contributed by atoms with Crippen LogP contribution in [-0.2, 0) is 0 Å². The molecule has 7 heteroatoms. The van der Waals surface area contributed by atoms with Crippen molar-refractivity contribution in [3.05, 3.63) is 541 Å². The van der Waals surface area contributed by atoms with Gasteiger partial charge in [-0.3, -0.25) is 0 Å². The molecule has 27 rings (SSSR count). The zero-order valence-corrected chi connectivity index (χ0v) is 78.5. The largest absolute Gasteiger partial charge is 0.237 e. The lowest BCUT2D eigenvalue weighted by Crippen LogP contribution is -1.96. The molecule has 0 aliphatic carbocycles. The Bertz CT molecular complexity index is 8630. The van der Waals surface area contributed by atoms with Crippen molar-refractivity contribution in [1.82, 2.24) is 34.9 Å². The van der Waals surface area contributed by atoms with Crippen LogP contribution in [-0.4, -0.2) is 34.9 Å². The summed E-state index contributed by atoms with van der Waals surface area (Å²) in [6, 6.07) is 186. The van der Waals surface area contributed by atoms with Gasteiger partial charge in [0.25, 0.3) is 0 Å². The van der Waals surface area contributed by atoms with E-state index in [-0.39, 0.29) is 0 Å². The molecule has 0 N–H and O–H groups in total. The Morgan fingerprint density at radius 1 is 0.104 bits per heavy atom. The summed E-state index contributed by atoms with van der Waals surface area (Å²) in [5.74, 6) is 2.01. The Balaban J connectivity index is 0.000000113. The lowest BCUT2D eigenvalue weighted by atomic mass is 9.89. The average molecular weight is 1830 g/mol. The first kappa shape index (κ1) is 86.4. The molecular formula is C137H89N7. The van der Waals surface area contributed by atoms with Gasteiger partial charge in [0, 0.05) is 39.6 Å². The number of nitrogens with zero attached hydrogens (tertiary/aromatic N) is 7. The highest BCUT2D eigenvalue weighted by Crippen LogP contribution is 2.46. The lowest BCUT2D eigenvalue weighted by molar-refractivity contribution is 1.07. The summed E-state index contributed by atoms with van der Waals surface area (Å²) in [7, 11) is 0. The summed E-state index contributed by atoms with van der Waals surface area (Å²) in [5, 5.41) is 23.0. The van der Waals surface area contributed by atoms with Crippen molar-refractivity contribution in [2.75, 3.05) is 0 Å². The van der Waals surface area contributed by atoms with Crippen molar-refractivity contribution in [3.63, 3.8) is 0 Å². The molecule has 7 nitrogen and oxygen atoms in total. The summed E-state index contributed by atoms with van der Waals surface area (Å²) in [6.07, 6.45) is 5.14. The number of aromatic nitrogens is 7. The van der Waals surface area contributed by atoms with Crippen molar-refractivity contribution in [2.45, 2.75) is 0 Å². The van der Waals surface area contributed by atoms with E-state index in [4.69, 9.17) is 19.9 Å². The van der Waals surface area contributed by atoms with Gasteiger partial charge in [0.15, 0.2) is 17.5 Å². The van der Waals surface area contributed by atoms with Crippen LogP contribution in [0.15, 0.2) is 541 Å². The fourth-order valence-electron chi connectivity index (χ4n) is 21.0. The highest BCUT2D eigenvalue weighted by atomic mass is 15.0. The van der Waals surface area contributed by atoms with Gasteiger partial charge in [-0.25, -0.2) is 34.9 Å². The molecule has 0 radical (unpaired) electrons. The maximum absolute atomic E-state index is 5.04. The van der Waals surface area contributed by atoms with E-state index >= 15 is 0 Å². The summed E-state index contributed by atoms with van der Waals surface area (Å²) in [6.45, 7) is 0. The van der Waals surface area contributed by atoms with E-state index in [1.807, 2.05) is 36.5 Å². The first-order chi connectivity index (χ1) is 71.4. The lowest BCUT2D eigenvalue weighted by Gasteiger charge is -2.15. The minimum atomic E-state index is 0.647. The third-order valence-corrected chi connectivity index (χ3v) is 27.9. The second-order valence-electron chi connectivity index (χ2n) is 36.5. The molecule has 144 heavy (non-hydrogen) atoms. The van der Waals surface area contributed by atoms with Gasteiger partial charge < -0.3 is 0 Å². The summed E-state index contributed by atoms with van der Waals surface area (Å²) in [5.41, 5.74) is 29.9. The molecule has 3 aromatic heterocycles. The van der Waals surface area contributed by atoms with Gasteiger partial charge in [0.1, 0.15) is 12.7 Å². The first-order valence-electron chi connectivity index (χ1n) is 48.8. The number of rotatable bonds is 15. The van der Waals surface area contributed by atoms with E-state index in [0.717, 1.165) is 83.8 Å². The third-order valence-electron chi connectivity index (χ3n) is 27.9. The van der Waals surface area contributed by atoms with E-state index in [1.165, 1.54) is 164 Å². The number of hydrogen-bond donors (Lipinski definition) is 0. The summed E-state index contributed by atoms with van der Waals surface area (Å²) in [4.78, 5) is 33.2. The SMILES string of the molecule is c1ccc(-c2cccc(-c3cc(-c4cccc(-c5ccccc5-c5ccc6c7ccccc7c7ccccc7c6c5)c4)ncn3)c2)cc1.c1ccc(-c2cccc(-c3ccnc(-c4cccc(-c5ccccc5-c5ccc6c7ccccc7c7ccccc7c6c5)c4)n3)c2)cc1.c1ccc(-c2cccc(-c3ncnc(-c4cccc(-c5ccccc5-c5ccc6c7ccccc7c7ccccc7c6c5)c4)n3)c2)cc1. The van der Waals surface area contributed by atoms with Gasteiger partial charge in [-0.2, -0.15) is 0 Å². The highest BCUT2D eigenvalue weighted by molar-refractivity contribution is 6.29. The molecule has 0 saturated carbocycles. The van der Waals surface area contributed by atoms with Crippen molar-refractivity contribution < 1.29 is 0 Å². The monoisotopic (exact) mass is 1830 g/mol. The van der Waals surface area contributed by atoms with Crippen LogP contribution in [0.5, 0.6) is 0 Å². The van der Waals surface area contributed by atoms with Gasteiger partial charge in [-0.1, -0.05) is 455 Å². The molecule has 672 valence electrons. The predicted octanol–water partition coefficient (Wildman–Crippen LogP) is 36.2. The molecule has 0 fully saturated rings. The number of fused-ring (bicyclic) bond motifs is 18. The molecule has 0 unspecified atom stereocenters. The van der Waals surface area contributed by atoms with E-state index in [1.54, 1.807) is 12.7 Å². The molecule has 0 spiro atoms. The molecule has 0 aliphatic rings. The number of hydrogen-bond acceptors (Lipinski definition) is 7. The van der Waals surface area contributed by atoms with Crippen molar-refractivity contribution in [1.29, 1.82) is 0 Å². The van der Waals surface area contributed by atoms with Gasteiger partial charge in [0.05, 0.1) is 17.1 Å². The molecule has 0 bridgehead atoms. The molecule has 27 aromatic rings. The Labute approximate surface area is 834 Å². The molecule has 0 aliphatic heterocycles. The first-order valence-corrected chi connectivity index (χ1v) is 48.8. The van der Waals surface area contributed by atoms with Gasteiger partial charge in [-0.05, 0) is 264 Å². The van der Waals surface area contributed by atoms with Crippen molar-refractivity contribution in [3.8, 4) is 168 Å². The van der Waals surface area contributed by atoms with Gasteiger partial charge >= 0.3 is 0 Å². The fourth-order valence-corrected chi connectivity index (χ4v) is 21.0. The minimum Gasteiger partial charge on any atom is -0.237 e. The molecule has 0 amide bonds. The third kappa shape index (κ3) is 16.8.